The standard InChI is InChI=1S/C28H41N3O4S/c1-6-8-19-29-28(33)23(4)30(21-25-13-11-22(3)12-14-25)27(32)10-9-20-31(36(5,34)35)26-17-15-24(7-2)16-18-26/h11-18,23H,6-10,19-21H2,1-5H3,(H,29,33)/t23-/m0/s1. The Kier molecular flexibility index (Phi) is 11.4. The van der Waals surface area contributed by atoms with E-state index in [1.807, 2.05) is 50.2 Å². The molecule has 2 aromatic rings. The fraction of sp³-hybridized carbons (Fsp3) is 0.500. The molecule has 0 aliphatic heterocycles. The Morgan fingerprint density at radius 3 is 2.11 bits per heavy atom. The summed E-state index contributed by atoms with van der Waals surface area (Å²) < 4.78 is 26.3. The van der Waals surface area contributed by atoms with Crippen LogP contribution in [0.4, 0.5) is 5.69 Å². The normalized spacial score (nSPS) is 12.1. The summed E-state index contributed by atoms with van der Waals surface area (Å²) in [6.07, 6.45) is 4.38. The van der Waals surface area contributed by atoms with Crippen molar-refractivity contribution in [1.29, 1.82) is 0 Å². The van der Waals surface area contributed by atoms with E-state index in [4.69, 9.17) is 0 Å². The first-order valence-corrected chi connectivity index (χ1v) is 14.6. The Morgan fingerprint density at radius 2 is 1.56 bits per heavy atom. The highest BCUT2D eigenvalue weighted by atomic mass is 32.2. The van der Waals surface area contributed by atoms with E-state index in [2.05, 4.69) is 12.2 Å². The SMILES string of the molecule is CCCCNC(=O)[C@H](C)N(Cc1ccc(C)cc1)C(=O)CCCN(c1ccc(CC)cc1)S(C)(=O)=O. The molecule has 0 saturated carbocycles. The summed E-state index contributed by atoms with van der Waals surface area (Å²) in [7, 11) is -3.51. The maximum absolute atomic E-state index is 13.3. The van der Waals surface area contributed by atoms with E-state index in [0.29, 0.717) is 25.2 Å². The minimum Gasteiger partial charge on any atom is -0.354 e. The monoisotopic (exact) mass is 515 g/mol. The second-order valence-electron chi connectivity index (χ2n) is 9.29. The van der Waals surface area contributed by atoms with Gasteiger partial charge in [0.05, 0.1) is 11.9 Å². The lowest BCUT2D eigenvalue weighted by Crippen LogP contribution is -2.48. The molecule has 1 atom stereocenters. The molecule has 0 aliphatic carbocycles. The zero-order valence-electron chi connectivity index (χ0n) is 22.3. The molecule has 1 N–H and O–H groups in total. The number of nitrogens with zero attached hydrogens (tertiary/aromatic N) is 2. The predicted molar refractivity (Wildman–Crippen MR) is 146 cm³/mol. The fourth-order valence-corrected chi connectivity index (χ4v) is 4.88. The number of rotatable bonds is 14. The molecule has 2 rings (SSSR count). The van der Waals surface area contributed by atoms with Crippen LogP contribution in [0.5, 0.6) is 0 Å². The van der Waals surface area contributed by atoms with E-state index in [9.17, 15) is 18.0 Å². The van der Waals surface area contributed by atoms with Crippen LogP contribution >= 0.6 is 0 Å². The van der Waals surface area contributed by atoms with E-state index in [1.165, 1.54) is 10.6 Å². The van der Waals surface area contributed by atoms with Crippen LogP contribution < -0.4 is 9.62 Å². The molecule has 0 fully saturated rings. The summed E-state index contributed by atoms with van der Waals surface area (Å²) in [6, 6.07) is 14.7. The number of nitrogens with one attached hydrogen (secondary N) is 1. The van der Waals surface area contributed by atoms with Gasteiger partial charge in [0.15, 0.2) is 0 Å². The van der Waals surface area contributed by atoms with Crippen LogP contribution in [0.3, 0.4) is 0 Å². The third kappa shape index (κ3) is 8.97. The first-order chi connectivity index (χ1) is 17.1. The highest BCUT2D eigenvalue weighted by Gasteiger charge is 2.26. The summed E-state index contributed by atoms with van der Waals surface area (Å²) in [5, 5.41) is 2.92. The van der Waals surface area contributed by atoms with Crippen LogP contribution in [-0.2, 0) is 32.6 Å². The van der Waals surface area contributed by atoms with Crippen LogP contribution in [0, 0.1) is 6.92 Å². The molecule has 36 heavy (non-hydrogen) atoms. The molecule has 0 radical (unpaired) electrons. The summed E-state index contributed by atoms with van der Waals surface area (Å²) in [6.45, 7) is 8.92. The van der Waals surface area contributed by atoms with Crippen molar-refractivity contribution in [2.45, 2.75) is 72.4 Å². The number of carbonyl (C=O) groups is 2. The van der Waals surface area contributed by atoms with Crippen molar-refractivity contribution in [3.63, 3.8) is 0 Å². The van der Waals surface area contributed by atoms with Gasteiger partial charge in [0, 0.05) is 26.1 Å². The average Bonchev–Trinajstić information content (AvgIpc) is 2.85. The van der Waals surface area contributed by atoms with E-state index < -0.39 is 16.1 Å². The smallest absolute Gasteiger partial charge is 0.242 e. The molecule has 0 aromatic heterocycles. The first-order valence-electron chi connectivity index (χ1n) is 12.8. The molecular weight excluding hydrogens is 474 g/mol. The summed E-state index contributed by atoms with van der Waals surface area (Å²) in [5.74, 6) is -0.360. The zero-order chi connectivity index (χ0) is 26.7. The molecule has 0 aliphatic rings. The number of amides is 2. The highest BCUT2D eigenvalue weighted by Crippen LogP contribution is 2.20. The molecule has 7 nitrogen and oxygen atoms in total. The maximum atomic E-state index is 13.3. The largest absolute Gasteiger partial charge is 0.354 e. The lowest BCUT2D eigenvalue weighted by molar-refractivity contribution is -0.140. The Bertz CT molecular complexity index is 1080. The minimum absolute atomic E-state index is 0.136. The van der Waals surface area contributed by atoms with Crippen LogP contribution in [0.15, 0.2) is 48.5 Å². The number of hydrogen-bond donors (Lipinski definition) is 1. The quantitative estimate of drug-likeness (QED) is 0.377. The average molecular weight is 516 g/mol. The van der Waals surface area contributed by atoms with E-state index >= 15 is 0 Å². The van der Waals surface area contributed by atoms with Crippen LogP contribution in [-0.4, -0.2) is 50.5 Å². The lowest BCUT2D eigenvalue weighted by atomic mass is 10.1. The van der Waals surface area contributed by atoms with Crippen molar-refractivity contribution in [3.05, 3.63) is 65.2 Å². The Labute approximate surface area is 216 Å². The van der Waals surface area contributed by atoms with Gasteiger partial charge in [-0.15, -0.1) is 0 Å². The Hall–Kier alpha value is -2.87. The maximum Gasteiger partial charge on any atom is 0.242 e. The molecule has 0 saturated heterocycles. The molecule has 2 amide bonds. The van der Waals surface area contributed by atoms with Gasteiger partial charge < -0.3 is 10.2 Å². The van der Waals surface area contributed by atoms with Gasteiger partial charge in [-0.2, -0.15) is 0 Å². The van der Waals surface area contributed by atoms with Gasteiger partial charge in [0.2, 0.25) is 21.8 Å². The Morgan fingerprint density at radius 1 is 0.944 bits per heavy atom. The van der Waals surface area contributed by atoms with Crippen molar-refractivity contribution < 1.29 is 18.0 Å². The Balaban J connectivity index is 2.13. The second kappa shape index (κ2) is 14.0. The van der Waals surface area contributed by atoms with E-state index in [0.717, 1.165) is 36.0 Å². The van der Waals surface area contributed by atoms with E-state index in [-0.39, 0.29) is 24.8 Å². The third-order valence-corrected chi connectivity index (χ3v) is 7.45. The van der Waals surface area contributed by atoms with Gasteiger partial charge in [0.1, 0.15) is 6.04 Å². The zero-order valence-corrected chi connectivity index (χ0v) is 23.1. The van der Waals surface area contributed by atoms with Gasteiger partial charge in [-0.3, -0.25) is 13.9 Å². The lowest BCUT2D eigenvalue weighted by Gasteiger charge is -2.29. The fourth-order valence-electron chi connectivity index (χ4n) is 3.91. The summed E-state index contributed by atoms with van der Waals surface area (Å²) >= 11 is 0. The molecule has 0 unspecified atom stereocenters. The summed E-state index contributed by atoms with van der Waals surface area (Å²) in [4.78, 5) is 27.7. The van der Waals surface area contributed by atoms with Crippen molar-refractivity contribution in [2.75, 3.05) is 23.7 Å². The molecule has 0 heterocycles. The van der Waals surface area contributed by atoms with Gasteiger partial charge in [0.25, 0.3) is 0 Å². The summed E-state index contributed by atoms with van der Waals surface area (Å²) in [5.41, 5.74) is 3.77. The number of aryl methyl sites for hydroxylation is 2. The topological polar surface area (TPSA) is 86.8 Å². The van der Waals surface area contributed by atoms with E-state index in [1.54, 1.807) is 24.0 Å². The number of unbranched alkanes of at least 4 members (excludes halogenated alkanes) is 1. The van der Waals surface area contributed by atoms with Crippen molar-refractivity contribution in [1.82, 2.24) is 10.2 Å². The second-order valence-corrected chi connectivity index (χ2v) is 11.2. The molecular formula is C28H41N3O4S. The van der Waals surface area contributed by atoms with Gasteiger partial charge in [-0.05, 0) is 56.4 Å². The molecule has 0 spiro atoms. The molecule has 2 aromatic carbocycles. The van der Waals surface area contributed by atoms with Crippen LogP contribution in [0.2, 0.25) is 0 Å². The van der Waals surface area contributed by atoms with Crippen LogP contribution in [0.1, 0.15) is 63.1 Å². The number of sulfonamides is 1. The highest BCUT2D eigenvalue weighted by molar-refractivity contribution is 7.92. The number of carbonyl (C=O) groups excluding carboxylic acids is 2. The van der Waals surface area contributed by atoms with Gasteiger partial charge in [-0.1, -0.05) is 62.2 Å². The first kappa shape index (κ1) is 29.4. The molecule has 8 heteroatoms. The number of hydrogen-bond acceptors (Lipinski definition) is 4. The molecule has 0 bridgehead atoms. The van der Waals surface area contributed by atoms with Crippen molar-refractivity contribution in [2.24, 2.45) is 0 Å². The van der Waals surface area contributed by atoms with Crippen LogP contribution in [0.25, 0.3) is 0 Å². The van der Waals surface area contributed by atoms with Gasteiger partial charge >= 0.3 is 0 Å². The van der Waals surface area contributed by atoms with Gasteiger partial charge in [-0.25, -0.2) is 8.42 Å². The molecule has 198 valence electrons. The third-order valence-electron chi connectivity index (χ3n) is 6.26. The predicted octanol–water partition coefficient (Wildman–Crippen LogP) is 4.44. The van der Waals surface area contributed by atoms with Crippen molar-refractivity contribution in [3.8, 4) is 0 Å². The minimum atomic E-state index is -3.51. The number of anilines is 1. The number of benzene rings is 2. The van der Waals surface area contributed by atoms with Crippen molar-refractivity contribution >= 4 is 27.5 Å².